The first kappa shape index (κ1) is 7.34. The van der Waals surface area contributed by atoms with Gasteiger partial charge in [0, 0.05) is 0 Å². The molecule has 1 heteroatoms. The van der Waals surface area contributed by atoms with Crippen molar-refractivity contribution in [3.05, 3.63) is 66.0 Å². The second kappa shape index (κ2) is 3.76. The van der Waals surface area contributed by atoms with E-state index in [0.717, 1.165) is 11.1 Å². The van der Waals surface area contributed by atoms with Crippen molar-refractivity contribution in [1.29, 1.82) is 0 Å². The van der Waals surface area contributed by atoms with Crippen molar-refractivity contribution in [3.63, 3.8) is 0 Å². The third-order valence-corrected chi connectivity index (χ3v) is 2.02. The summed E-state index contributed by atoms with van der Waals surface area (Å²) in [5, 5.41) is 0. The topological polar surface area (TPSA) is 4.36 Å². The van der Waals surface area contributed by atoms with E-state index in [0.29, 0.717) is 11.7 Å². The number of nitrogens with zero attached hydrogens (tertiary/aromatic N) is 1. The molecule has 0 bridgehead atoms. The first-order valence-electron chi connectivity index (χ1n) is 4.85. The molecule has 0 aliphatic rings. The third-order valence-electron chi connectivity index (χ3n) is 2.02. The molecule has 2 aromatic rings. The lowest BCUT2D eigenvalue weighted by Crippen LogP contribution is -1.75. The summed E-state index contributed by atoms with van der Waals surface area (Å²) in [6.07, 6.45) is 0. The van der Waals surface area contributed by atoms with Crippen LogP contribution in [0, 0.1) is 6.57 Å². The quantitative estimate of drug-likeness (QED) is 0.586. The average Bonchev–Trinajstić information content (AvgIpc) is 2.30. The van der Waals surface area contributed by atoms with Gasteiger partial charge in [-0.2, -0.15) is 0 Å². The van der Waals surface area contributed by atoms with Crippen molar-refractivity contribution in [1.82, 2.24) is 0 Å². The summed E-state index contributed by atoms with van der Waals surface area (Å²) in [4.78, 5) is 3.45. The zero-order valence-corrected chi connectivity index (χ0v) is 7.57. The molecular weight excluding hydrogens is 170 g/mol. The summed E-state index contributed by atoms with van der Waals surface area (Å²) in [5.41, 5.74) is 2.24. The molecule has 0 N–H and O–H groups in total. The van der Waals surface area contributed by atoms with Crippen LogP contribution in [0.15, 0.2) is 54.6 Å². The van der Waals surface area contributed by atoms with E-state index in [-0.39, 0.29) is 0 Å². The predicted octanol–water partition coefficient (Wildman–Crippen LogP) is 3.90. The fourth-order valence-corrected chi connectivity index (χ4v) is 1.36. The Morgan fingerprint density at radius 3 is 2.57 bits per heavy atom. The van der Waals surface area contributed by atoms with Crippen LogP contribution in [-0.2, 0) is 0 Å². The predicted molar refractivity (Wildman–Crippen MR) is 58.1 cm³/mol. The van der Waals surface area contributed by atoms with E-state index in [2.05, 4.69) is 4.85 Å². The van der Waals surface area contributed by atoms with Crippen molar-refractivity contribution >= 4 is 5.69 Å². The Labute approximate surface area is 84.9 Å². The molecule has 66 valence electrons. The molecule has 14 heavy (non-hydrogen) atoms. The molecule has 0 unspecified atom stereocenters. The van der Waals surface area contributed by atoms with Gasteiger partial charge < -0.3 is 0 Å². The van der Waals surface area contributed by atoms with Crippen LogP contribution in [0.3, 0.4) is 0 Å². The van der Waals surface area contributed by atoms with E-state index in [1.54, 1.807) is 12.1 Å². The van der Waals surface area contributed by atoms with Gasteiger partial charge >= 0.3 is 0 Å². The zero-order chi connectivity index (χ0) is 10.7. The Morgan fingerprint density at radius 1 is 1.00 bits per heavy atom. The van der Waals surface area contributed by atoms with E-state index in [4.69, 9.17) is 7.94 Å². The molecule has 0 atom stereocenters. The van der Waals surface area contributed by atoms with Crippen LogP contribution in [0.5, 0.6) is 0 Å². The normalized spacial score (nSPS) is 10.4. The van der Waals surface area contributed by atoms with Gasteiger partial charge in [-0.25, -0.2) is 4.85 Å². The molecule has 0 fully saturated rings. The summed E-state index contributed by atoms with van der Waals surface area (Å²) < 4.78 is 7.78. The highest BCUT2D eigenvalue weighted by Gasteiger charge is 2.01. The summed E-state index contributed by atoms with van der Waals surface area (Å²) in [6, 6.07) is 15.1. The zero-order valence-electron chi connectivity index (χ0n) is 8.57. The van der Waals surface area contributed by atoms with Gasteiger partial charge in [-0.1, -0.05) is 54.6 Å². The summed E-state index contributed by atoms with van der Waals surface area (Å²) in [6.45, 7) is 7.07. The fraction of sp³-hybridized carbons (Fsp3) is 0. The molecule has 0 aromatic heterocycles. The maximum atomic E-state index is 7.78. The minimum atomic E-state index is 0.452. The molecule has 0 spiro atoms. The fourth-order valence-electron chi connectivity index (χ4n) is 1.36. The van der Waals surface area contributed by atoms with Crippen molar-refractivity contribution in [3.8, 4) is 11.1 Å². The summed E-state index contributed by atoms with van der Waals surface area (Å²) >= 11 is 0. The van der Waals surface area contributed by atoms with Gasteiger partial charge in [-0.15, -0.1) is 0 Å². The van der Waals surface area contributed by atoms with E-state index in [1.165, 1.54) is 0 Å². The minimum absolute atomic E-state index is 0.452. The first-order chi connectivity index (χ1) is 7.33. The lowest BCUT2D eigenvalue weighted by Gasteiger charge is -2.02. The van der Waals surface area contributed by atoms with E-state index in [1.807, 2.05) is 36.4 Å². The maximum absolute atomic E-state index is 7.78. The molecule has 0 aliphatic heterocycles. The Morgan fingerprint density at radius 2 is 1.79 bits per heavy atom. The highest BCUT2D eigenvalue weighted by molar-refractivity contribution is 5.78. The number of benzene rings is 2. The molecular formula is C13H9N. The van der Waals surface area contributed by atoms with Gasteiger partial charge in [0.2, 0.25) is 0 Å². The van der Waals surface area contributed by atoms with Crippen molar-refractivity contribution < 1.29 is 1.37 Å². The third kappa shape index (κ3) is 1.51. The van der Waals surface area contributed by atoms with Gasteiger partial charge in [-0.3, -0.25) is 0 Å². The monoisotopic (exact) mass is 180 g/mol. The summed E-state index contributed by atoms with van der Waals surface area (Å²) in [5.74, 6) is 0. The van der Waals surface area contributed by atoms with E-state index in [9.17, 15) is 0 Å². The van der Waals surface area contributed by atoms with Crippen LogP contribution in [0.4, 0.5) is 5.69 Å². The summed E-state index contributed by atoms with van der Waals surface area (Å²) in [7, 11) is 0. The number of para-hydroxylation sites is 1. The molecule has 2 rings (SSSR count). The van der Waals surface area contributed by atoms with Gasteiger partial charge in [0.15, 0.2) is 5.69 Å². The Bertz CT molecular complexity index is 526. The number of rotatable bonds is 1. The number of hydrogen-bond acceptors (Lipinski definition) is 0. The molecule has 0 aliphatic carbocycles. The van der Waals surface area contributed by atoms with Crippen LogP contribution in [-0.4, -0.2) is 0 Å². The molecule has 1 nitrogen and oxygen atoms in total. The van der Waals surface area contributed by atoms with Gasteiger partial charge in [0.25, 0.3) is 0 Å². The molecule has 0 heterocycles. The highest BCUT2D eigenvalue weighted by Crippen LogP contribution is 2.29. The molecule has 0 radical (unpaired) electrons. The van der Waals surface area contributed by atoms with Gasteiger partial charge in [0.05, 0.1) is 7.94 Å². The van der Waals surface area contributed by atoms with Crippen molar-refractivity contribution in [2.75, 3.05) is 0 Å². The van der Waals surface area contributed by atoms with Crippen LogP contribution < -0.4 is 0 Å². The lowest BCUT2D eigenvalue weighted by molar-refractivity contribution is 1.63. The van der Waals surface area contributed by atoms with Crippen molar-refractivity contribution in [2.45, 2.75) is 0 Å². The van der Waals surface area contributed by atoms with Crippen LogP contribution in [0.1, 0.15) is 1.37 Å². The first-order valence-corrected chi connectivity index (χ1v) is 4.35. The van der Waals surface area contributed by atoms with Crippen LogP contribution in [0.2, 0.25) is 0 Å². The molecule has 2 aromatic carbocycles. The number of hydrogen-bond donors (Lipinski definition) is 0. The Kier molecular flexibility index (Phi) is 1.97. The lowest BCUT2D eigenvalue weighted by atomic mass is 10.0. The second-order valence-corrected chi connectivity index (χ2v) is 2.91. The van der Waals surface area contributed by atoms with E-state index >= 15 is 0 Å². The SMILES string of the molecule is [2H]c1ccccc1-c1ccccc1[N+]#[C-]. The average molecular weight is 180 g/mol. The van der Waals surface area contributed by atoms with Crippen molar-refractivity contribution in [2.24, 2.45) is 0 Å². The minimum Gasteiger partial charge on any atom is -0.238 e. The van der Waals surface area contributed by atoms with E-state index < -0.39 is 0 Å². The van der Waals surface area contributed by atoms with Gasteiger partial charge in [0.1, 0.15) is 0 Å². The molecule has 0 saturated heterocycles. The molecule has 0 saturated carbocycles. The van der Waals surface area contributed by atoms with Gasteiger partial charge in [-0.05, 0) is 11.1 Å². The smallest absolute Gasteiger partial charge is 0.194 e. The Balaban J connectivity index is 2.65. The maximum Gasteiger partial charge on any atom is 0.194 e. The Hall–Kier alpha value is -2.07. The largest absolute Gasteiger partial charge is 0.238 e. The van der Waals surface area contributed by atoms with Crippen LogP contribution >= 0.6 is 0 Å². The second-order valence-electron chi connectivity index (χ2n) is 2.91. The molecule has 0 amide bonds. The highest BCUT2D eigenvalue weighted by atomic mass is 14.6. The standard InChI is InChI=1S/C13H9N/c1-14-13-10-6-5-9-12(13)11-7-3-2-4-8-11/h2-10H/i7D. The van der Waals surface area contributed by atoms with Crippen LogP contribution in [0.25, 0.3) is 16.0 Å².